The molecule has 0 aliphatic carbocycles. The molecule has 0 saturated heterocycles. The Hall–Kier alpha value is -2.08. The van der Waals surface area contributed by atoms with E-state index in [4.69, 9.17) is 14.9 Å². The summed E-state index contributed by atoms with van der Waals surface area (Å²) in [6.07, 6.45) is 3.58. The molecule has 0 bridgehead atoms. The zero-order chi connectivity index (χ0) is 13.8. The van der Waals surface area contributed by atoms with Gasteiger partial charge in [0.1, 0.15) is 11.4 Å². The number of imidazole rings is 1. The molecule has 0 aliphatic rings. The monoisotopic (exact) mass is 296 g/mol. The van der Waals surface area contributed by atoms with Crippen LogP contribution in [0.4, 0.5) is 0 Å². The molecule has 0 fully saturated rings. The first-order chi connectivity index (χ1) is 9.15. The average molecular weight is 297 g/mol. The van der Waals surface area contributed by atoms with E-state index in [9.17, 15) is 0 Å². The lowest BCUT2D eigenvalue weighted by molar-refractivity contribution is 0.323. The molecule has 2 rings (SSSR count). The molecule has 0 aromatic carbocycles. The van der Waals surface area contributed by atoms with Crippen molar-refractivity contribution in [2.75, 3.05) is 13.7 Å². The summed E-state index contributed by atoms with van der Waals surface area (Å²) in [7, 11) is 1.55. The molecule has 0 amide bonds. The molecule has 0 saturated carbocycles. The Kier molecular flexibility index (Phi) is 5.52. The summed E-state index contributed by atoms with van der Waals surface area (Å²) in [6, 6.07) is 3.56. The van der Waals surface area contributed by atoms with Crippen molar-refractivity contribution in [1.29, 1.82) is 5.41 Å². The third-order valence-corrected chi connectivity index (χ3v) is 2.54. The standard InChI is InChI=1S/C13H16N4O2.ClH/c1-4-19-12(14)10-5-6-11(13(16-10)18-3)17-7-9(2)15-8-17;/h5-8,14H,4H2,1-3H3;1H. The van der Waals surface area contributed by atoms with Crippen molar-refractivity contribution in [2.24, 2.45) is 0 Å². The van der Waals surface area contributed by atoms with Gasteiger partial charge in [-0.15, -0.1) is 12.4 Å². The number of nitrogens with zero attached hydrogens (tertiary/aromatic N) is 3. The molecule has 2 aromatic heterocycles. The zero-order valence-corrected chi connectivity index (χ0v) is 12.4. The summed E-state index contributed by atoms with van der Waals surface area (Å²) < 4.78 is 12.2. The second-order valence-electron chi connectivity index (χ2n) is 3.91. The Balaban J connectivity index is 0.00000200. The molecule has 2 aromatic rings. The largest absolute Gasteiger partial charge is 0.479 e. The summed E-state index contributed by atoms with van der Waals surface area (Å²) in [5.74, 6) is 0.466. The van der Waals surface area contributed by atoms with Crippen LogP contribution in [0.2, 0.25) is 0 Å². The number of rotatable bonds is 4. The maximum Gasteiger partial charge on any atom is 0.238 e. The van der Waals surface area contributed by atoms with Crippen LogP contribution >= 0.6 is 12.4 Å². The highest BCUT2D eigenvalue weighted by Gasteiger charge is 2.11. The van der Waals surface area contributed by atoms with Gasteiger partial charge in [0.15, 0.2) is 0 Å². The van der Waals surface area contributed by atoms with Gasteiger partial charge >= 0.3 is 0 Å². The minimum absolute atomic E-state index is 0. The second-order valence-corrected chi connectivity index (χ2v) is 3.91. The van der Waals surface area contributed by atoms with Gasteiger partial charge < -0.3 is 14.0 Å². The molecule has 0 aliphatic heterocycles. The van der Waals surface area contributed by atoms with Crippen LogP contribution in [0.15, 0.2) is 24.7 Å². The van der Waals surface area contributed by atoms with Gasteiger partial charge in [0, 0.05) is 6.20 Å². The van der Waals surface area contributed by atoms with Crippen LogP contribution < -0.4 is 4.74 Å². The Morgan fingerprint density at radius 2 is 2.15 bits per heavy atom. The van der Waals surface area contributed by atoms with Crippen LogP contribution in [0.5, 0.6) is 5.88 Å². The molecule has 0 spiro atoms. The number of aryl methyl sites for hydroxylation is 1. The molecular formula is C13H17ClN4O2. The molecule has 0 radical (unpaired) electrons. The van der Waals surface area contributed by atoms with E-state index in [1.165, 1.54) is 0 Å². The Labute approximate surface area is 123 Å². The number of hydrogen-bond donors (Lipinski definition) is 1. The van der Waals surface area contributed by atoms with E-state index in [-0.39, 0.29) is 18.3 Å². The predicted octanol–water partition coefficient (Wildman–Crippen LogP) is 2.37. The maximum atomic E-state index is 7.72. The molecule has 0 atom stereocenters. The van der Waals surface area contributed by atoms with Crippen molar-refractivity contribution in [3.63, 3.8) is 0 Å². The number of methoxy groups -OCH3 is 1. The first-order valence-electron chi connectivity index (χ1n) is 5.93. The van der Waals surface area contributed by atoms with Crippen molar-refractivity contribution in [3.8, 4) is 11.6 Å². The minimum Gasteiger partial charge on any atom is -0.479 e. The Morgan fingerprint density at radius 1 is 1.40 bits per heavy atom. The fourth-order valence-corrected chi connectivity index (χ4v) is 1.68. The van der Waals surface area contributed by atoms with E-state index >= 15 is 0 Å². The van der Waals surface area contributed by atoms with E-state index in [1.807, 2.05) is 30.7 Å². The van der Waals surface area contributed by atoms with E-state index in [1.54, 1.807) is 19.5 Å². The van der Waals surface area contributed by atoms with Crippen LogP contribution in [0.25, 0.3) is 5.69 Å². The normalized spacial score (nSPS) is 9.75. The van der Waals surface area contributed by atoms with Crippen molar-refractivity contribution < 1.29 is 9.47 Å². The lowest BCUT2D eigenvalue weighted by atomic mass is 10.3. The highest BCUT2D eigenvalue weighted by atomic mass is 35.5. The molecule has 20 heavy (non-hydrogen) atoms. The van der Waals surface area contributed by atoms with Gasteiger partial charge in [-0.3, -0.25) is 5.41 Å². The molecule has 108 valence electrons. The summed E-state index contributed by atoms with van der Waals surface area (Å²) in [6.45, 7) is 4.18. The van der Waals surface area contributed by atoms with Gasteiger partial charge in [-0.05, 0) is 26.0 Å². The van der Waals surface area contributed by atoms with Gasteiger partial charge in [-0.1, -0.05) is 0 Å². The van der Waals surface area contributed by atoms with Crippen molar-refractivity contribution in [2.45, 2.75) is 13.8 Å². The van der Waals surface area contributed by atoms with Gasteiger partial charge in [0.2, 0.25) is 11.8 Å². The lowest BCUT2D eigenvalue weighted by Gasteiger charge is -2.10. The highest BCUT2D eigenvalue weighted by Crippen LogP contribution is 2.21. The van der Waals surface area contributed by atoms with Gasteiger partial charge in [-0.25, -0.2) is 9.97 Å². The second kappa shape index (κ2) is 6.91. The number of aromatic nitrogens is 3. The van der Waals surface area contributed by atoms with Gasteiger partial charge in [0.25, 0.3) is 0 Å². The Bertz CT molecular complexity index is 598. The number of nitrogens with one attached hydrogen (secondary N) is 1. The zero-order valence-electron chi connectivity index (χ0n) is 11.6. The summed E-state index contributed by atoms with van der Waals surface area (Å²) >= 11 is 0. The van der Waals surface area contributed by atoms with Crippen LogP contribution in [0, 0.1) is 12.3 Å². The maximum absolute atomic E-state index is 7.72. The summed E-state index contributed by atoms with van der Waals surface area (Å²) in [4.78, 5) is 8.44. The quantitative estimate of drug-likeness (QED) is 0.694. The van der Waals surface area contributed by atoms with Crippen molar-refractivity contribution in [1.82, 2.24) is 14.5 Å². The summed E-state index contributed by atoms with van der Waals surface area (Å²) in [5.41, 5.74) is 2.13. The minimum atomic E-state index is 0. The van der Waals surface area contributed by atoms with Crippen LogP contribution in [-0.4, -0.2) is 34.1 Å². The molecule has 7 heteroatoms. The topological polar surface area (TPSA) is 73.0 Å². The Morgan fingerprint density at radius 3 is 2.70 bits per heavy atom. The van der Waals surface area contributed by atoms with Gasteiger partial charge in [0.05, 0.1) is 25.7 Å². The summed E-state index contributed by atoms with van der Waals surface area (Å²) in [5, 5.41) is 7.72. The number of pyridine rings is 1. The van der Waals surface area contributed by atoms with E-state index < -0.39 is 0 Å². The SMILES string of the molecule is CCOC(=N)c1ccc(-n2cnc(C)c2)c(OC)n1.Cl. The number of ether oxygens (including phenoxy) is 2. The molecule has 2 heterocycles. The highest BCUT2D eigenvalue weighted by molar-refractivity contribution is 5.89. The lowest BCUT2D eigenvalue weighted by Crippen LogP contribution is -2.09. The van der Waals surface area contributed by atoms with Crippen molar-refractivity contribution >= 4 is 18.3 Å². The fourth-order valence-electron chi connectivity index (χ4n) is 1.68. The number of hydrogen-bond acceptors (Lipinski definition) is 5. The smallest absolute Gasteiger partial charge is 0.238 e. The van der Waals surface area contributed by atoms with Crippen molar-refractivity contribution in [3.05, 3.63) is 36.0 Å². The third-order valence-electron chi connectivity index (χ3n) is 2.54. The molecule has 0 unspecified atom stereocenters. The van der Waals surface area contributed by atoms with Crippen LogP contribution in [0.3, 0.4) is 0 Å². The van der Waals surface area contributed by atoms with Crippen LogP contribution in [0.1, 0.15) is 18.3 Å². The van der Waals surface area contributed by atoms with E-state index in [0.717, 1.165) is 11.4 Å². The molecular weight excluding hydrogens is 280 g/mol. The molecule has 1 N–H and O–H groups in total. The van der Waals surface area contributed by atoms with E-state index in [0.29, 0.717) is 18.2 Å². The molecule has 6 nitrogen and oxygen atoms in total. The van der Waals surface area contributed by atoms with E-state index in [2.05, 4.69) is 9.97 Å². The number of halogens is 1. The average Bonchev–Trinajstić information content (AvgIpc) is 2.84. The first-order valence-corrected chi connectivity index (χ1v) is 5.93. The first kappa shape index (κ1) is 16.0. The van der Waals surface area contributed by atoms with Crippen LogP contribution in [-0.2, 0) is 4.74 Å². The third kappa shape index (κ3) is 3.27. The fraction of sp³-hybridized carbons (Fsp3) is 0.308. The predicted molar refractivity (Wildman–Crippen MR) is 78.4 cm³/mol. The van der Waals surface area contributed by atoms with Gasteiger partial charge in [-0.2, -0.15) is 0 Å².